The normalized spacial score (nSPS) is 22.0. The molecule has 1 atom stereocenters. The lowest BCUT2D eigenvalue weighted by molar-refractivity contribution is 0.266. The average Bonchev–Trinajstić information content (AvgIpc) is 2.51. The van der Waals surface area contributed by atoms with Crippen LogP contribution in [0.1, 0.15) is 42.9 Å². The predicted octanol–water partition coefficient (Wildman–Crippen LogP) is 3.83. The summed E-state index contributed by atoms with van der Waals surface area (Å²) in [5, 5.41) is 3.60. The summed E-state index contributed by atoms with van der Waals surface area (Å²) in [6.07, 6.45) is 3.72. The third kappa shape index (κ3) is 3.12. The van der Waals surface area contributed by atoms with Crippen LogP contribution in [0.4, 0.5) is 4.39 Å². The van der Waals surface area contributed by atoms with E-state index in [9.17, 15) is 4.39 Å². The number of benzene rings is 1. The quantitative estimate of drug-likeness (QED) is 0.911. The molecule has 1 saturated carbocycles. The van der Waals surface area contributed by atoms with Gasteiger partial charge in [0, 0.05) is 24.3 Å². The third-order valence-corrected chi connectivity index (χ3v) is 4.44. The van der Waals surface area contributed by atoms with Crippen LogP contribution in [0.25, 0.3) is 0 Å². The lowest BCUT2D eigenvalue weighted by Gasteiger charge is -2.38. The largest absolute Gasteiger partial charge is 0.481 e. The molecule has 1 aromatic carbocycles. The fraction of sp³-hybridized carbons (Fsp3) is 0.389. The van der Waals surface area contributed by atoms with E-state index in [4.69, 9.17) is 4.74 Å². The van der Waals surface area contributed by atoms with Crippen molar-refractivity contribution in [2.45, 2.75) is 37.8 Å². The van der Waals surface area contributed by atoms with Crippen molar-refractivity contribution in [1.82, 2.24) is 10.3 Å². The summed E-state index contributed by atoms with van der Waals surface area (Å²) in [5.41, 5.74) is 2.00. The summed E-state index contributed by atoms with van der Waals surface area (Å²) in [5.74, 6) is 0.875. The van der Waals surface area contributed by atoms with E-state index >= 15 is 0 Å². The fourth-order valence-electron chi connectivity index (χ4n) is 3.07. The zero-order chi connectivity index (χ0) is 15.5. The first kappa shape index (κ1) is 15.0. The van der Waals surface area contributed by atoms with Gasteiger partial charge in [-0.1, -0.05) is 18.2 Å². The standard InChI is InChI=1S/C18H21FN2O/c1-12(13-7-8-20-18(11-13)22-2)21-15-9-14(10-15)16-5-3-4-6-17(16)19/h3-8,11-12,14-15,21H,9-10H2,1-2H3. The number of hydrogen-bond donors (Lipinski definition) is 1. The molecular weight excluding hydrogens is 279 g/mol. The van der Waals surface area contributed by atoms with Gasteiger partial charge in [-0.2, -0.15) is 0 Å². The average molecular weight is 300 g/mol. The summed E-state index contributed by atoms with van der Waals surface area (Å²) in [7, 11) is 1.62. The minimum absolute atomic E-state index is 0.0853. The molecule has 3 rings (SSSR count). The van der Waals surface area contributed by atoms with Crippen molar-refractivity contribution in [3.63, 3.8) is 0 Å². The molecule has 1 aliphatic rings. The number of aromatic nitrogens is 1. The first-order valence-electron chi connectivity index (χ1n) is 7.67. The second-order valence-electron chi connectivity index (χ2n) is 5.91. The lowest BCUT2D eigenvalue weighted by atomic mass is 9.75. The molecule has 2 aromatic rings. The van der Waals surface area contributed by atoms with Crippen molar-refractivity contribution in [1.29, 1.82) is 0 Å². The van der Waals surface area contributed by atoms with Crippen molar-refractivity contribution in [3.8, 4) is 5.88 Å². The molecule has 1 unspecified atom stereocenters. The molecule has 0 amide bonds. The van der Waals surface area contributed by atoms with E-state index < -0.39 is 0 Å². The zero-order valence-corrected chi connectivity index (χ0v) is 12.9. The number of nitrogens with one attached hydrogen (secondary N) is 1. The third-order valence-electron chi connectivity index (χ3n) is 4.44. The van der Waals surface area contributed by atoms with Gasteiger partial charge in [-0.3, -0.25) is 0 Å². The van der Waals surface area contributed by atoms with Gasteiger partial charge >= 0.3 is 0 Å². The fourth-order valence-corrected chi connectivity index (χ4v) is 3.07. The van der Waals surface area contributed by atoms with Crippen molar-refractivity contribution >= 4 is 0 Å². The molecule has 116 valence electrons. The van der Waals surface area contributed by atoms with Gasteiger partial charge in [0.25, 0.3) is 0 Å². The van der Waals surface area contributed by atoms with E-state index in [0.29, 0.717) is 17.8 Å². The van der Waals surface area contributed by atoms with Crippen molar-refractivity contribution in [2.24, 2.45) is 0 Å². The lowest BCUT2D eigenvalue weighted by Crippen LogP contribution is -2.41. The predicted molar refractivity (Wildman–Crippen MR) is 84.5 cm³/mol. The molecule has 1 fully saturated rings. The number of nitrogens with zero attached hydrogens (tertiary/aromatic N) is 1. The van der Waals surface area contributed by atoms with Crippen LogP contribution in [0.5, 0.6) is 5.88 Å². The summed E-state index contributed by atoms with van der Waals surface area (Å²) in [6, 6.07) is 11.7. The molecule has 0 saturated heterocycles. The van der Waals surface area contributed by atoms with E-state index in [1.54, 1.807) is 25.4 Å². The van der Waals surface area contributed by atoms with E-state index in [2.05, 4.69) is 17.2 Å². The monoisotopic (exact) mass is 300 g/mol. The topological polar surface area (TPSA) is 34.1 Å². The molecular formula is C18H21FN2O. The molecule has 3 nitrogen and oxygen atoms in total. The van der Waals surface area contributed by atoms with Gasteiger partial charge in [-0.25, -0.2) is 9.37 Å². The number of methoxy groups -OCH3 is 1. The van der Waals surface area contributed by atoms with Crippen LogP contribution < -0.4 is 10.1 Å². The van der Waals surface area contributed by atoms with Crippen molar-refractivity contribution in [2.75, 3.05) is 7.11 Å². The van der Waals surface area contributed by atoms with E-state index in [1.807, 2.05) is 24.3 Å². The smallest absolute Gasteiger partial charge is 0.213 e. The Balaban J connectivity index is 1.56. The van der Waals surface area contributed by atoms with Gasteiger partial charge < -0.3 is 10.1 Å². The molecule has 1 heterocycles. The maximum absolute atomic E-state index is 13.8. The van der Waals surface area contributed by atoms with Gasteiger partial charge in [-0.05, 0) is 48.9 Å². The van der Waals surface area contributed by atoms with Crippen LogP contribution in [0.15, 0.2) is 42.6 Å². The van der Waals surface area contributed by atoms with E-state index in [0.717, 1.165) is 24.0 Å². The van der Waals surface area contributed by atoms with Crippen LogP contribution >= 0.6 is 0 Å². The van der Waals surface area contributed by atoms with Gasteiger partial charge in [0.05, 0.1) is 7.11 Å². The highest BCUT2D eigenvalue weighted by Crippen LogP contribution is 2.39. The Morgan fingerprint density at radius 1 is 1.27 bits per heavy atom. The Labute approximate surface area is 130 Å². The number of halogens is 1. The number of rotatable bonds is 5. The van der Waals surface area contributed by atoms with Crippen molar-refractivity contribution in [3.05, 3.63) is 59.5 Å². The Bertz CT molecular complexity index is 640. The number of ether oxygens (including phenoxy) is 1. The summed E-state index contributed by atoms with van der Waals surface area (Å²) < 4.78 is 18.9. The molecule has 0 spiro atoms. The van der Waals surface area contributed by atoms with Gasteiger partial charge in [-0.15, -0.1) is 0 Å². The molecule has 0 bridgehead atoms. The molecule has 4 heteroatoms. The molecule has 0 aliphatic heterocycles. The van der Waals surface area contributed by atoms with E-state index in [-0.39, 0.29) is 11.9 Å². The first-order valence-corrected chi connectivity index (χ1v) is 7.67. The van der Waals surface area contributed by atoms with Crippen LogP contribution in [-0.4, -0.2) is 18.1 Å². The van der Waals surface area contributed by atoms with Crippen LogP contribution in [0.2, 0.25) is 0 Å². The summed E-state index contributed by atoms with van der Waals surface area (Å²) in [4.78, 5) is 4.12. The number of pyridine rings is 1. The minimum atomic E-state index is -0.0853. The molecule has 1 aromatic heterocycles. The molecule has 1 aliphatic carbocycles. The second-order valence-corrected chi connectivity index (χ2v) is 5.91. The summed E-state index contributed by atoms with van der Waals surface area (Å²) >= 11 is 0. The Hall–Kier alpha value is -1.94. The van der Waals surface area contributed by atoms with Crippen LogP contribution in [-0.2, 0) is 0 Å². The zero-order valence-electron chi connectivity index (χ0n) is 12.9. The maximum atomic E-state index is 13.8. The van der Waals surface area contributed by atoms with E-state index in [1.165, 1.54) is 0 Å². The van der Waals surface area contributed by atoms with Crippen LogP contribution in [0.3, 0.4) is 0 Å². The van der Waals surface area contributed by atoms with Crippen molar-refractivity contribution < 1.29 is 9.13 Å². The Morgan fingerprint density at radius 2 is 2.05 bits per heavy atom. The minimum Gasteiger partial charge on any atom is -0.481 e. The van der Waals surface area contributed by atoms with Gasteiger partial charge in [0.2, 0.25) is 5.88 Å². The second kappa shape index (κ2) is 6.44. The molecule has 0 radical (unpaired) electrons. The van der Waals surface area contributed by atoms with Crippen LogP contribution in [0, 0.1) is 5.82 Å². The summed E-state index contributed by atoms with van der Waals surface area (Å²) in [6.45, 7) is 2.13. The highest BCUT2D eigenvalue weighted by Gasteiger charge is 2.32. The highest BCUT2D eigenvalue weighted by atomic mass is 19.1. The highest BCUT2D eigenvalue weighted by molar-refractivity contribution is 5.26. The maximum Gasteiger partial charge on any atom is 0.213 e. The number of hydrogen-bond acceptors (Lipinski definition) is 3. The molecule has 22 heavy (non-hydrogen) atoms. The molecule has 1 N–H and O–H groups in total. The Kier molecular flexibility index (Phi) is 4.39. The Morgan fingerprint density at radius 3 is 2.77 bits per heavy atom. The first-order chi connectivity index (χ1) is 10.7. The SMILES string of the molecule is COc1cc(C(C)NC2CC(c3ccccc3F)C2)ccn1. The van der Waals surface area contributed by atoms with Gasteiger partial charge in [0.1, 0.15) is 5.82 Å². The van der Waals surface area contributed by atoms with Gasteiger partial charge in [0.15, 0.2) is 0 Å².